The van der Waals surface area contributed by atoms with Gasteiger partial charge in [0.1, 0.15) is 0 Å². The molecule has 0 unspecified atom stereocenters. The van der Waals surface area contributed by atoms with Crippen LogP contribution in [0, 0.1) is 12.8 Å². The molecule has 1 atom stereocenters. The summed E-state index contributed by atoms with van der Waals surface area (Å²) in [7, 11) is 0. The lowest BCUT2D eigenvalue weighted by molar-refractivity contribution is -0.138. The fourth-order valence-corrected chi connectivity index (χ4v) is 1.75. The molecule has 0 aliphatic carbocycles. The Hall–Kier alpha value is -1.55. The van der Waals surface area contributed by atoms with Gasteiger partial charge in [-0.2, -0.15) is 0 Å². The van der Waals surface area contributed by atoms with Gasteiger partial charge in [-0.1, -0.05) is 24.6 Å². The third-order valence-electron chi connectivity index (χ3n) is 2.51. The normalized spacial score (nSPS) is 11.9. The molecule has 1 amide bonds. The number of benzene rings is 1. The van der Waals surface area contributed by atoms with E-state index in [2.05, 4.69) is 5.32 Å². The summed E-state index contributed by atoms with van der Waals surface area (Å²) in [6, 6.07) is 5.26. The Labute approximate surface area is 111 Å². The average molecular weight is 270 g/mol. The molecule has 0 radical (unpaired) electrons. The van der Waals surface area contributed by atoms with Gasteiger partial charge in [0, 0.05) is 23.6 Å². The van der Waals surface area contributed by atoms with Crippen molar-refractivity contribution >= 4 is 29.2 Å². The van der Waals surface area contributed by atoms with Crippen molar-refractivity contribution in [2.45, 2.75) is 26.7 Å². The monoisotopic (exact) mass is 269 g/mol. The molecule has 1 aromatic rings. The third-order valence-corrected chi connectivity index (χ3v) is 2.92. The highest BCUT2D eigenvalue weighted by Crippen LogP contribution is 2.20. The second-order valence-electron chi connectivity index (χ2n) is 4.42. The summed E-state index contributed by atoms with van der Waals surface area (Å²) in [5, 5.41) is 11.9. The molecule has 1 aromatic carbocycles. The van der Waals surface area contributed by atoms with Crippen molar-refractivity contribution in [3.8, 4) is 0 Å². The predicted octanol–water partition coefficient (Wildman–Crippen LogP) is 3.09. The van der Waals surface area contributed by atoms with Crippen LogP contribution in [-0.4, -0.2) is 17.0 Å². The number of rotatable bonds is 5. The molecule has 98 valence electrons. The number of aryl methyl sites for hydroxylation is 1. The summed E-state index contributed by atoms with van der Waals surface area (Å²) in [5.41, 5.74) is 1.56. The van der Waals surface area contributed by atoms with Crippen LogP contribution in [0.3, 0.4) is 0 Å². The average Bonchev–Trinajstić information content (AvgIpc) is 2.21. The molecule has 0 heterocycles. The number of anilines is 1. The van der Waals surface area contributed by atoms with Crippen molar-refractivity contribution in [2.75, 3.05) is 5.32 Å². The lowest BCUT2D eigenvalue weighted by atomic mass is 10.0. The summed E-state index contributed by atoms with van der Waals surface area (Å²) in [6.07, 6.45) is 0.167. The zero-order valence-corrected chi connectivity index (χ0v) is 11.1. The van der Waals surface area contributed by atoms with E-state index in [0.29, 0.717) is 10.7 Å². The third kappa shape index (κ3) is 4.75. The van der Waals surface area contributed by atoms with E-state index < -0.39 is 5.97 Å². The largest absolute Gasteiger partial charge is 0.481 e. The zero-order chi connectivity index (χ0) is 13.7. The summed E-state index contributed by atoms with van der Waals surface area (Å²) >= 11 is 5.94. The number of carbonyl (C=O) groups is 2. The Kier molecular flexibility index (Phi) is 5.16. The maximum Gasteiger partial charge on any atom is 0.303 e. The quantitative estimate of drug-likeness (QED) is 0.863. The Morgan fingerprint density at radius 1 is 1.39 bits per heavy atom. The standard InChI is InChI=1S/C13H16ClNO3/c1-8(6-13(17)18)5-12(16)15-10-4-3-9(2)11(14)7-10/h3-4,7-8H,5-6H2,1-2H3,(H,15,16)(H,17,18)/t8-/m0/s1. The number of halogens is 1. The Balaban J connectivity index is 2.54. The summed E-state index contributed by atoms with van der Waals surface area (Å²) in [6.45, 7) is 3.61. The van der Waals surface area contributed by atoms with Crippen LogP contribution in [0.5, 0.6) is 0 Å². The number of hydrogen-bond acceptors (Lipinski definition) is 2. The number of nitrogens with one attached hydrogen (secondary N) is 1. The zero-order valence-electron chi connectivity index (χ0n) is 10.4. The predicted molar refractivity (Wildman–Crippen MR) is 70.9 cm³/mol. The van der Waals surface area contributed by atoms with Gasteiger partial charge in [-0.05, 0) is 30.5 Å². The SMILES string of the molecule is Cc1ccc(NC(=O)C[C@H](C)CC(=O)O)cc1Cl. The molecule has 0 fully saturated rings. The van der Waals surface area contributed by atoms with Crippen molar-refractivity contribution in [3.63, 3.8) is 0 Å². The van der Waals surface area contributed by atoms with Gasteiger partial charge < -0.3 is 10.4 Å². The summed E-state index contributed by atoms with van der Waals surface area (Å²) in [5.74, 6) is -1.29. The van der Waals surface area contributed by atoms with Gasteiger partial charge in [0.2, 0.25) is 5.91 Å². The van der Waals surface area contributed by atoms with E-state index in [0.717, 1.165) is 5.56 Å². The van der Waals surface area contributed by atoms with Gasteiger partial charge in [-0.3, -0.25) is 9.59 Å². The molecule has 0 aromatic heterocycles. The van der Waals surface area contributed by atoms with Crippen molar-refractivity contribution in [1.29, 1.82) is 0 Å². The molecule has 2 N–H and O–H groups in total. The van der Waals surface area contributed by atoms with Crippen LogP contribution in [0.2, 0.25) is 5.02 Å². The highest BCUT2D eigenvalue weighted by molar-refractivity contribution is 6.31. The minimum atomic E-state index is -0.895. The van der Waals surface area contributed by atoms with Gasteiger partial charge in [0.15, 0.2) is 0 Å². The first-order chi connectivity index (χ1) is 8.38. The number of aliphatic carboxylic acids is 1. The summed E-state index contributed by atoms with van der Waals surface area (Å²) < 4.78 is 0. The van der Waals surface area contributed by atoms with Crippen LogP contribution < -0.4 is 5.32 Å². The molecule has 0 aliphatic rings. The molecule has 5 heteroatoms. The molecular formula is C13H16ClNO3. The van der Waals surface area contributed by atoms with Crippen LogP contribution in [0.25, 0.3) is 0 Å². The number of carbonyl (C=O) groups excluding carboxylic acids is 1. The molecule has 0 saturated carbocycles. The summed E-state index contributed by atoms with van der Waals surface area (Å²) in [4.78, 5) is 22.1. The Morgan fingerprint density at radius 3 is 2.61 bits per heavy atom. The molecule has 4 nitrogen and oxygen atoms in total. The molecular weight excluding hydrogens is 254 g/mol. The Morgan fingerprint density at radius 2 is 2.06 bits per heavy atom. The van der Waals surface area contributed by atoms with Gasteiger partial charge in [-0.25, -0.2) is 0 Å². The first-order valence-corrected chi connectivity index (χ1v) is 6.04. The van der Waals surface area contributed by atoms with E-state index in [1.165, 1.54) is 0 Å². The molecule has 1 rings (SSSR count). The van der Waals surface area contributed by atoms with Crippen LogP contribution in [-0.2, 0) is 9.59 Å². The highest BCUT2D eigenvalue weighted by atomic mass is 35.5. The highest BCUT2D eigenvalue weighted by Gasteiger charge is 2.12. The van der Waals surface area contributed by atoms with Crippen LogP contribution in [0.1, 0.15) is 25.3 Å². The van der Waals surface area contributed by atoms with Gasteiger partial charge in [-0.15, -0.1) is 0 Å². The van der Waals surface area contributed by atoms with E-state index in [-0.39, 0.29) is 24.7 Å². The fraction of sp³-hybridized carbons (Fsp3) is 0.385. The molecule has 18 heavy (non-hydrogen) atoms. The fourth-order valence-electron chi connectivity index (χ4n) is 1.57. The van der Waals surface area contributed by atoms with Crippen molar-refractivity contribution < 1.29 is 14.7 Å². The van der Waals surface area contributed by atoms with Crippen LogP contribution in [0.4, 0.5) is 5.69 Å². The van der Waals surface area contributed by atoms with Gasteiger partial charge in [0.05, 0.1) is 0 Å². The van der Waals surface area contributed by atoms with Crippen LogP contribution >= 0.6 is 11.6 Å². The lowest BCUT2D eigenvalue weighted by Gasteiger charge is -2.10. The lowest BCUT2D eigenvalue weighted by Crippen LogP contribution is -2.16. The molecule has 0 spiro atoms. The van der Waals surface area contributed by atoms with E-state index >= 15 is 0 Å². The second kappa shape index (κ2) is 6.40. The van der Waals surface area contributed by atoms with Gasteiger partial charge >= 0.3 is 5.97 Å². The number of carboxylic acids is 1. The topological polar surface area (TPSA) is 66.4 Å². The molecule has 0 aliphatic heterocycles. The van der Waals surface area contributed by atoms with E-state index in [9.17, 15) is 9.59 Å². The first kappa shape index (κ1) is 14.5. The van der Waals surface area contributed by atoms with Crippen LogP contribution in [0.15, 0.2) is 18.2 Å². The van der Waals surface area contributed by atoms with Crippen molar-refractivity contribution in [1.82, 2.24) is 0 Å². The minimum Gasteiger partial charge on any atom is -0.481 e. The second-order valence-corrected chi connectivity index (χ2v) is 4.83. The number of hydrogen-bond donors (Lipinski definition) is 2. The van der Waals surface area contributed by atoms with E-state index in [1.54, 1.807) is 19.1 Å². The molecule has 0 saturated heterocycles. The van der Waals surface area contributed by atoms with E-state index in [4.69, 9.17) is 16.7 Å². The van der Waals surface area contributed by atoms with E-state index in [1.807, 2.05) is 13.0 Å². The minimum absolute atomic E-state index is 0.0118. The van der Waals surface area contributed by atoms with Gasteiger partial charge in [0.25, 0.3) is 0 Å². The number of carboxylic acid groups (broad SMARTS) is 1. The maximum absolute atomic E-state index is 11.7. The number of amides is 1. The Bertz CT molecular complexity index is 460. The smallest absolute Gasteiger partial charge is 0.303 e. The molecule has 0 bridgehead atoms. The first-order valence-electron chi connectivity index (χ1n) is 5.66. The van der Waals surface area contributed by atoms with Crippen molar-refractivity contribution in [3.05, 3.63) is 28.8 Å². The van der Waals surface area contributed by atoms with Crippen molar-refractivity contribution in [2.24, 2.45) is 5.92 Å². The maximum atomic E-state index is 11.7.